The molecule has 3 unspecified atom stereocenters. The van der Waals surface area contributed by atoms with E-state index in [1.54, 1.807) is 6.20 Å². The topological polar surface area (TPSA) is 12.9 Å². The fourth-order valence-electron chi connectivity index (χ4n) is 5.45. The van der Waals surface area contributed by atoms with Gasteiger partial charge >= 0.3 is 0 Å². The van der Waals surface area contributed by atoms with Crippen molar-refractivity contribution < 1.29 is 4.39 Å². The van der Waals surface area contributed by atoms with E-state index in [2.05, 4.69) is 32.7 Å². The lowest BCUT2D eigenvalue weighted by Crippen LogP contribution is -2.39. The van der Waals surface area contributed by atoms with Gasteiger partial charge in [-0.15, -0.1) is 0 Å². The predicted molar refractivity (Wildman–Crippen MR) is 140 cm³/mol. The molecule has 0 aromatic carbocycles. The van der Waals surface area contributed by atoms with Crippen molar-refractivity contribution in [1.29, 1.82) is 0 Å². The second-order valence-electron chi connectivity index (χ2n) is 10.1. The van der Waals surface area contributed by atoms with E-state index in [-0.39, 0.29) is 11.8 Å². The second-order valence-corrected chi connectivity index (χ2v) is 10.1. The van der Waals surface area contributed by atoms with E-state index in [1.165, 1.54) is 64.2 Å². The number of nitrogens with zero attached hydrogens (tertiary/aromatic N) is 1. The Labute approximate surface area is 200 Å². The molecule has 0 fully saturated rings. The van der Waals surface area contributed by atoms with Crippen LogP contribution in [0.2, 0.25) is 0 Å². The van der Waals surface area contributed by atoms with Gasteiger partial charge in [-0.1, -0.05) is 124 Å². The van der Waals surface area contributed by atoms with Crippen molar-refractivity contribution >= 4 is 0 Å². The van der Waals surface area contributed by atoms with Gasteiger partial charge in [0.15, 0.2) is 5.67 Å². The largest absolute Gasteiger partial charge is 0.258 e. The van der Waals surface area contributed by atoms with Gasteiger partial charge in [0.1, 0.15) is 0 Å². The number of unbranched alkanes of at least 4 members (excludes halogenated alkanes) is 10. The molecule has 1 heterocycles. The summed E-state index contributed by atoms with van der Waals surface area (Å²) in [7, 11) is 0. The lowest BCUT2D eigenvalue weighted by atomic mass is 9.68. The molecule has 2 heteroatoms. The molecule has 0 bridgehead atoms. The summed E-state index contributed by atoms with van der Waals surface area (Å²) in [5, 5.41) is 0. The van der Waals surface area contributed by atoms with E-state index in [9.17, 15) is 0 Å². The lowest BCUT2D eigenvalue weighted by molar-refractivity contribution is -0.0145. The van der Waals surface area contributed by atoms with Gasteiger partial charge in [-0.3, -0.25) is 4.98 Å². The van der Waals surface area contributed by atoms with Crippen LogP contribution in [0, 0.1) is 11.8 Å². The molecule has 1 nitrogen and oxygen atoms in total. The summed E-state index contributed by atoms with van der Waals surface area (Å²) in [5.41, 5.74) is -0.580. The van der Waals surface area contributed by atoms with E-state index in [4.69, 9.17) is 0 Å². The lowest BCUT2D eigenvalue weighted by Gasteiger charge is -2.40. The van der Waals surface area contributed by atoms with Crippen LogP contribution in [-0.4, -0.2) is 4.98 Å². The van der Waals surface area contributed by atoms with Crippen LogP contribution in [0.1, 0.15) is 149 Å². The summed E-state index contributed by atoms with van der Waals surface area (Å²) in [6.07, 6.45) is 22.9. The van der Waals surface area contributed by atoms with Crippen LogP contribution >= 0.6 is 0 Å². The van der Waals surface area contributed by atoms with E-state index in [0.29, 0.717) is 5.69 Å². The van der Waals surface area contributed by atoms with E-state index < -0.39 is 5.67 Å². The van der Waals surface area contributed by atoms with Crippen molar-refractivity contribution in [2.24, 2.45) is 11.8 Å². The zero-order chi connectivity index (χ0) is 23.5. The minimum absolute atomic E-state index is 0.0890. The second kappa shape index (κ2) is 18.5. The third-order valence-electron chi connectivity index (χ3n) is 7.35. The van der Waals surface area contributed by atoms with Gasteiger partial charge in [0, 0.05) is 6.20 Å². The molecule has 0 aliphatic rings. The van der Waals surface area contributed by atoms with Crippen molar-refractivity contribution in [3.63, 3.8) is 0 Å². The Bertz CT molecular complexity index is 531. The normalized spacial score (nSPS) is 15.4. The average molecular weight is 448 g/mol. The zero-order valence-electron chi connectivity index (χ0n) is 22.0. The molecule has 0 spiro atoms. The van der Waals surface area contributed by atoms with Gasteiger partial charge in [-0.25, -0.2) is 4.39 Å². The van der Waals surface area contributed by atoms with Gasteiger partial charge in [0.25, 0.3) is 0 Å². The van der Waals surface area contributed by atoms with Gasteiger partial charge in [0.05, 0.1) is 5.69 Å². The minimum atomic E-state index is -1.29. The molecular formula is C30H54FN. The predicted octanol–water partition coefficient (Wildman–Crippen LogP) is 10.6. The molecule has 0 radical (unpaired) electrons. The van der Waals surface area contributed by atoms with Gasteiger partial charge in [0.2, 0.25) is 0 Å². The Hall–Kier alpha value is -0.920. The highest BCUT2D eigenvalue weighted by atomic mass is 19.1. The number of halogens is 1. The highest BCUT2D eigenvalue weighted by Crippen LogP contribution is 2.48. The average Bonchev–Trinajstić information content (AvgIpc) is 2.82. The van der Waals surface area contributed by atoms with Crippen LogP contribution in [0.4, 0.5) is 4.39 Å². The standard InChI is InChI=1S/C30H54FN/c1-5-9-12-15-18-24-28(23-17-14-11-7-3)30(31,29-25-19-20-26-32-29)27(21-8-4)22-16-13-10-6-2/h19-20,25-28H,5-18,21-24H2,1-4H3. The fraction of sp³-hybridized carbons (Fsp3) is 0.833. The number of hydrogen-bond donors (Lipinski definition) is 0. The number of pyridine rings is 1. The zero-order valence-corrected chi connectivity index (χ0v) is 22.0. The molecule has 1 aromatic heterocycles. The van der Waals surface area contributed by atoms with Crippen molar-refractivity contribution in [3.05, 3.63) is 30.1 Å². The van der Waals surface area contributed by atoms with Gasteiger partial charge in [-0.2, -0.15) is 0 Å². The maximum Gasteiger partial charge on any atom is 0.158 e. The van der Waals surface area contributed by atoms with Crippen LogP contribution in [0.3, 0.4) is 0 Å². The molecule has 0 saturated heterocycles. The molecular weight excluding hydrogens is 393 g/mol. The van der Waals surface area contributed by atoms with Crippen LogP contribution < -0.4 is 0 Å². The molecule has 0 N–H and O–H groups in total. The highest BCUT2D eigenvalue weighted by molar-refractivity contribution is 5.17. The number of rotatable bonds is 21. The van der Waals surface area contributed by atoms with Crippen LogP contribution in [-0.2, 0) is 5.67 Å². The molecule has 0 aliphatic carbocycles. The van der Waals surface area contributed by atoms with Gasteiger partial charge in [-0.05, 0) is 49.7 Å². The third-order valence-corrected chi connectivity index (χ3v) is 7.35. The summed E-state index contributed by atoms with van der Waals surface area (Å²) >= 11 is 0. The molecule has 0 saturated carbocycles. The van der Waals surface area contributed by atoms with E-state index >= 15 is 4.39 Å². The van der Waals surface area contributed by atoms with Crippen LogP contribution in [0.25, 0.3) is 0 Å². The molecule has 0 amide bonds. The number of hydrogen-bond acceptors (Lipinski definition) is 1. The Morgan fingerprint density at radius 1 is 0.625 bits per heavy atom. The SMILES string of the molecule is CCCCCCCC(CCCCCC)C(F)(c1ccccn1)C(CCC)CCCCCC. The van der Waals surface area contributed by atoms with E-state index in [0.717, 1.165) is 51.4 Å². The summed E-state index contributed by atoms with van der Waals surface area (Å²) in [4.78, 5) is 4.65. The summed E-state index contributed by atoms with van der Waals surface area (Å²) < 4.78 is 17.6. The van der Waals surface area contributed by atoms with Crippen molar-refractivity contribution in [2.75, 3.05) is 0 Å². The first-order chi connectivity index (χ1) is 15.6. The van der Waals surface area contributed by atoms with Crippen molar-refractivity contribution in [1.82, 2.24) is 4.98 Å². The Morgan fingerprint density at radius 3 is 1.53 bits per heavy atom. The smallest absolute Gasteiger partial charge is 0.158 e. The Balaban J connectivity index is 3.12. The summed E-state index contributed by atoms with van der Waals surface area (Å²) in [6, 6.07) is 5.90. The Morgan fingerprint density at radius 2 is 1.09 bits per heavy atom. The first-order valence-corrected chi connectivity index (χ1v) is 14.2. The minimum Gasteiger partial charge on any atom is -0.258 e. The molecule has 3 atom stereocenters. The maximum absolute atomic E-state index is 17.6. The molecule has 1 rings (SSSR count). The molecule has 186 valence electrons. The van der Waals surface area contributed by atoms with Crippen molar-refractivity contribution in [2.45, 2.75) is 149 Å². The first-order valence-electron chi connectivity index (χ1n) is 14.2. The maximum atomic E-state index is 17.6. The highest BCUT2D eigenvalue weighted by Gasteiger charge is 2.47. The summed E-state index contributed by atoms with van der Waals surface area (Å²) in [5.74, 6) is 0.185. The third kappa shape index (κ3) is 10.3. The molecule has 32 heavy (non-hydrogen) atoms. The summed E-state index contributed by atoms with van der Waals surface area (Å²) in [6.45, 7) is 8.99. The van der Waals surface area contributed by atoms with Gasteiger partial charge < -0.3 is 0 Å². The molecule has 1 aromatic rings. The van der Waals surface area contributed by atoms with Crippen molar-refractivity contribution in [3.8, 4) is 0 Å². The van der Waals surface area contributed by atoms with Crippen LogP contribution in [0.15, 0.2) is 24.4 Å². The monoisotopic (exact) mass is 447 g/mol. The number of alkyl halides is 1. The quantitative estimate of drug-likeness (QED) is 0.171. The Kier molecular flexibility index (Phi) is 16.8. The van der Waals surface area contributed by atoms with Crippen LogP contribution in [0.5, 0.6) is 0 Å². The number of aromatic nitrogens is 1. The first kappa shape index (κ1) is 29.1. The molecule has 0 aliphatic heterocycles. The van der Waals surface area contributed by atoms with E-state index in [1.807, 2.05) is 18.2 Å². The fourth-order valence-corrected chi connectivity index (χ4v) is 5.45.